The predicted octanol–water partition coefficient (Wildman–Crippen LogP) is 4.19. The second-order valence-electron chi connectivity index (χ2n) is 8.39. The first-order valence-electron chi connectivity index (χ1n) is 10.5. The van der Waals surface area contributed by atoms with E-state index in [1.807, 2.05) is 56.1 Å². The molecule has 6 heteroatoms. The second kappa shape index (κ2) is 8.01. The number of hydrogen-bond acceptors (Lipinski definition) is 4. The molecule has 2 aliphatic heterocycles. The van der Waals surface area contributed by atoms with E-state index < -0.39 is 0 Å². The molecule has 2 saturated heterocycles. The van der Waals surface area contributed by atoms with Crippen LogP contribution in [0.1, 0.15) is 59.4 Å². The van der Waals surface area contributed by atoms with Crippen LogP contribution in [0.25, 0.3) is 0 Å². The maximum atomic E-state index is 13.3. The first-order chi connectivity index (χ1) is 14.0. The van der Waals surface area contributed by atoms with Crippen molar-refractivity contribution < 1.29 is 14.3 Å². The molecule has 1 aromatic carbocycles. The maximum Gasteiger partial charge on any atom is 0.410 e. The zero-order chi connectivity index (χ0) is 20.5. The summed E-state index contributed by atoms with van der Waals surface area (Å²) >= 11 is 0. The smallest absolute Gasteiger partial charge is 0.410 e. The fourth-order valence-corrected chi connectivity index (χ4v) is 5.02. The molecule has 29 heavy (non-hydrogen) atoms. The molecule has 4 rings (SSSR count). The normalized spacial score (nSPS) is 23.7. The summed E-state index contributed by atoms with van der Waals surface area (Å²) in [6.07, 6.45) is 4.15. The van der Waals surface area contributed by atoms with Crippen LogP contribution in [0.3, 0.4) is 0 Å². The fraction of sp³-hybridized carbons (Fsp3) is 0.522. The van der Waals surface area contributed by atoms with E-state index in [0.29, 0.717) is 12.8 Å². The van der Waals surface area contributed by atoms with E-state index in [4.69, 9.17) is 4.74 Å². The lowest BCUT2D eigenvalue weighted by atomic mass is 9.75. The Hall–Kier alpha value is -2.63. The maximum absolute atomic E-state index is 13.3. The lowest BCUT2D eigenvalue weighted by Crippen LogP contribution is -2.55. The lowest BCUT2D eigenvalue weighted by Gasteiger charge is -2.47. The summed E-state index contributed by atoms with van der Waals surface area (Å²) < 4.78 is 7.39. The van der Waals surface area contributed by atoms with Crippen molar-refractivity contribution in [2.24, 2.45) is 13.0 Å². The number of rotatable bonds is 4. The third-order valence-corrected chi connectivity index (χ3v) is 6.52. The zero-order valence-electron chi connectivity index (χ0n) is 17.4. The molecule has 1 aromatic heterocycles. The molecule has 1 amide bonds. The Labute approximate surface area is 171 Å². The lowest BCUT2D eigenvalue weighted by molar-refractivity contribution is 0.00469. The number of carbonyl (C=O) groups excluding carboxylic acids is 2. The van der Waals surface area contributed by atoms with E-state index >= 15 is 0 Å². The van der Waals surface area contributed by atoms with Gasteiger partial charge in [0.05, 0.1) is 11.3 Å². The molecule has 2 aromatic rings. The van der Waals surface area contributed by atoms with Crippen LogP contribution in [0.5, 0.6) is 0 Å². The number of aryl methyl sites for hydroxylation is 2. The molecule has 0 saturated carbocycles. The van der Waals surface area contributed by atoms with Gasteiger partial charge < -0.3 is 9.64 Å². The number of hydrogen-bond donors (Lipinski definition) is 0. The van der Waals surface area contributed by atoms with E-state index in [9.17, 15) is 9.59 Å². The molecule has 3 heterocycles. The van der Waals surface area contributed by atoms with Crippen molar-refractivity contribution in [3.8, 4) is 0 Å². The number of amides is 1. The monoisotopic (exact) mass is 395 g/mol. The summed E-state index contributed by atoms with van der Waals surface area (Å²) in [6.45, 7) is 4.13. The van der Waals surface area contributed by atoms with Crippen LogP contribution in [-0.4, -0.2) is 38.6 Å². The average molecular weight is 396 g/mol. The Kier molecular flexibility index (Phi) is 5.43. The molecule has 2 bridgehead atoms. The number of ketones is 1. The first-order valence-corrected chi connectivity index (χ1v) is 10.5. The highest BCUT2D eigenvalue weighted by Crippen LogP contribution is 2.39. The molecule has 0 N–H and O–H groups in total. The molecule has 0 aliphatic carbocycles. The number of benzene rings is 1. The SMILES string of the molecule is Cc1nn(C)c(C)c1C(=O)C1CC2CCCC(C1)N2C(=O)OCc1ccccc1. The minimum atomic E-state index is -0.247. The van der Waals surface area contributed by atoms with Gasteiger partial charge in [0, 0.05) is 30.7 Å². The minimum Gasteiger partial charge on any atom is -0.445 e. The van der Waals surface area contributed by atoms with E-state index in [1.165, 1.54) is 0 Å². The molecule has 0 radical (unpaired) electrons. The van der Waals surface area contributed by atoms with Crippen molar-refractivity contribution >= 4 is 11.9 Å². The Morgan fingerprint density at radius 3 is 2.34 bits per heavy atom. The Balaban J connectivity index is 1.46. The first kappa shape index (κ1) is 19.7. The van der Waals surface area contributed by atoms with Crippen molar-refractivity contribution in [2.75, 3.05) is 0 Å². The van der Waals surface area contributed by atoms with Crippen molar-refractivity contribution in [3.63, 3.8) is 0 Å². The van der Waals surface area contributed by atoms with Gasteiger partial charge in [-0.2, -0.15) is 5.10 Å². The van der Waals surface area contributed by atoms with Crippen LogP contribution < -0.4 is 0 Å². The van der Waals surface area contributed by atoms with Crippen LogP contribution in [0, 0.1) is 19.8 Å². The Bertz CT molecular complexity index is 892. The van der Waals surface area contributed by atoms with Gasteiger partial charge in [-0.05, 0) is 51.5 Å². The third-order valence-electron chi connectivity index (χ3n) is 6.52. The molecule has 2 atom stereocenters. The molecule has 0 spiro atoms. The summed E-state index contributed by atoms with van der Waals surface area (Å²) in [6, 6.07) is 9.90. The van der Waals surface area contributed by atoms with Crippen molar-refractivity contribution in [1.82, 2.24) is 14.7 Å². The molecule has 2 fully saturated rings. The van der Waals surface area contributed by atoms with E-state index in [1.54, 1.807) is 4.68 Å². The fourth-order valence-electron chi connectivity index (χ4n) is 5.02. The average Bonchev–Trinajstić information content (AvgIpc) is 2.97. The number of nitrogens with zero attached hydrogens (tertiary/aromatic N) is 3. The van der Waals surface area contributed by atoms with Crippen LogP contribution >= 0.6 is 0 Å². The van der Waals surface area contributed by atoms with Gasteiger partial charge in [-0.3, -0.25) is 9.48 Å². The standard InChI is InChI=1S/C23H29N3O3/c1-15-21(16(2)25(3)24-15)22(27)18-12-19-10-7-11-20(13-18)26(19)23(28)29-14-17-8-5-4-6-9-17/h4-6,8-9,18-20H,7,10-14H2,1-3H3. The molecule has 6 nitrogen and oxygen atoms in total. The van der Waals surface area contributed by atoms with Gasteiger partial charge in [-0.25, -0.2) is 4.79 Å². The van der Waals surface area contributed by atoms with Crippen molar-refractivity contribution in [3.05, 3.63) is 52.8 Å². The summed E-state index contributed by atoms with van der Waals surface area (Å²) in [5, 5.41) is 4.41. The summed E-state index contributed by atoms with van der Waals surface area (Å²) in [5.74, 6) is 0.132. The van der Waals surface area contributed by atoms with Gasteiger partial charge in [0.2, 0.25) is 0 Å². The van der Waals surface area contributed by atoms with Gasteiger partial charge >= 0.3 is 6.09 Å². The van der Waals surface area contributed by atoms with E-state index in [0.717, 1.165) is 41.8 Å². The molecule has 2 unspecified atom stereocenters. The topological polar surface area (TPSA) is 64.4 Å². The summed E-state index contributed by atoms with van der Waals surface area (Å²) in [4.78, 5) is 28.0. The van der Waals surface area contributed by atoms with Gasteiger partial charge in [-0.15, -0.1) is 0 Å². The summed E-state index contributed by atoms with van der Waals surface area (Å²) in [7, 11) is 1.87. The highest BCUT2D eigenvalue weighted by atomic mass is 16.6. The number of aromatic nitrogens is 2. The highest BCUT2D eigenvalue weighted by Gasteiger charge is 2.44. The second-order valence-corrected chi connectivity index (χ2v) is 8.39. The van der Waals surface area contributed by atoms with Crippen molar-refractivity contribution in [2.45, 2.75) is 64.6 Å². The predicted molar refractivity (Wildman–Crippen MR) is 110 cm³/mol. The largest absolute Gasteiger partial charge is 0.445 e. The van der Waals surface area contributed by atoms with E-state index in [-0.39, 0.29) is 36.5 Å². The molecule has 154 valence electrons. The Morgan fingerprint density at radius 1 is 1.10 bits per heavy atom. The Morgan fingerprint density at radius 2 is 1.76 bits per heavy atom. The third kappa shape index (κ3) is 3.80. The van der Waals surface area contributed by atoms with Crippen molar-refractivity contribution in [1.29, 1.82) is 0 Å². The quantitative estimate of drug-likeness (QED) is 0.728. The van der Waals surface area contributed by atoms with Crippen LogP contribution in [0.2, 0.25) is 0 Å². The molecular formula is C23H29N3O3. The molecule has 2 aliphatic rings. The number of Topliss-reactive ketones (excluding diaryl/α,β-unsaturated/α-hetero) is 1. The van der Waals surface area contributed by atoms with Gasteiger partial charge in [0.25, 0.3) is 0 Å². The number of ether oxygens (including phenoxy) is 1. The van der Waals surface area contributed by atoms with Crippen LogP contribution in [0.4, 0.5) is 4.79 Å². The van der Waals surface area contributed by atoms with E-state index in [2.05, 4.69) is 5.10 Å². The number of carbonyl (C=O) groups is 2. The van der Waals surface area contributed by atoms with Gasteiger partial charge in [0.1, 0.15) is 6.61 Å². The zero-order valence-corrected chi connectivity index (χ0v) is 17.4. The molecular weight excluding hydrogens is 366 g/mol. The highest BCUT2D eigenvalue weighted by molar-refractivity contribution is 6.00. The number of fused-ring (bicyclic) bond motifs is 2. The minimum absolute atomic E-state index is 0.0509. The number of piperidine rings is 2. The van der Waals surface area contributed by atoms with Crippen LogP contribution in [0.15, 0.2) is 30.3 Å². The summed E-state index contributed by atoms with van der Waals surface area (Å²) in [5.41, 5.74) is 3.46. The van der Waals surface area contributed by atoms with Gasteiger partial charge in [-0.1, -0.05) is 30.3 Å². The van der Waals surface area contributed by atoms with Crippen LogP contribution in [-0.2, 0) is 18.4 Å². The van der Waals surface area contributed by atoms with Gasteiger partial charge in [0.15, 0.2) is 5.78 Å².